The number of likely N-dealkylation sites (tertiary alicyclic amines) is 1. The molecule has 1 unspecified atom stereocenters. The fourth-order valence-electron chi connectivity index (χ4n) is 2.46. The number of hydrogen-bond donors (Lipinski definition) is 1. The zero-order chi connectivity index (χ0) is 12.3. The van der Waals surface area contributed by atoms with Gasteiger partial charge in [-0.05, 0) is 45.1 Å². The van der Waals surface area contributed by atoms with Crippen LogP contribution >= 0.6 is 0 Å². The fraction of sp³-hybridized carbons (Fsp3) is 0.846. The lowest BCUT2D eigenvalue weighted by molar-refractivity contribution is -0.127. The highest BCUT2D eigenvalue weighted by Crippen LogP contribution is 2.27. The summed E-state index contributed by atoms with van der Waals surface area (Å²) >= 11 is 0. The van der Waals surface area contributed by atoms with Crippen molar-refractivity contribution in [3.63, 3.8) is 0 Å². The van der Waals surface area contributed by atoms with Crippen LogP contribution in [0.1, 0.15) is 39.0 Å². The van der Waals surface area contributed by atoms with Crippen molar-refractivity contribution in [2.45, 2.75) is 45.1 Å². The Bertz CT molecular complexity index is 300. The highest BCUT2D eigenvalue weighted by Gasteiger charge is 2.28. The Morgan fingerprint density at radius 1 is 1.24 bits per heavy atom. The highest BCUT2D eigenvalue weighted by atomic mass is 16.2. The standard InChI is InChI=1S/C13H22N2O2/c1-10(16)12-4-2-3-7-15(12)9-13(17)14-8-11-5-6-11/h11-12H,2-9H2,1H3,(H,14,17). The van der Waals surface area contributed by atoms with E-state index in [1.165, 1.54) is 12.8 Å². The highest BCUT2D eigenvalue weighted by molar-refractivity contribution is 5.83. The van der Waals surface area contributed by atoms with Gasteiger partial charge in [0.15, 0.2) is 0 Å². The summed E-state index contributed by atoms with van der Waals surface area (Å²) in [6.45, 7) is 3.71. The van der Waals surface area contributed by atoms with E-state index in [4.69, 9.17) is 0 Å². The van der Waals surface area contributed by atoms with Gasteiger partial charge in [0.1, 0.15) is 5.78 Å². The maximum absolute atomic E-state index is 11.7. The molecule has 4 heteroatoms. The van der Waals surface area contributed by atoms with E-state index < -0.39 is 0 Å². The maximum atomic E-state index is 11.7. The van der Waals surface area contributed by atoms with Crippen LogP contribution in [0.25, 0.3) is 0 Å². The number of hydrogen-bond acceptors (Lipinski definition) is 3. The molecule has 1 atom stereocenters. The predicted octanol–water partition coefficient (Wildman–Crippen LogP) is 0.956. The lowest BCUT2D eigenvalue weighted by atomic mass is 9.99. The monoisotopic (exact) mass is 238 g/mol. The van der Waals surface area contributed by atoms with E-state index in [1.807, 2.05) is 4.90 Å². The van der Waals surface area contributed by atoms with Crippen molar-refractivity contribution in [2.24, 2.45) is 5.92 Å². The summed E-state index contributed by atoms with van der Waals surface area (Å²) in [7, 11) is 0. The van der Waals surface area contributed by atoms with Crippen LogP contribution in [0.3, 0.4) is 0 Å². The number of carbonyl (C=O) groups is 2. The lowest BCUT2D eigenvalue weighted by Crippen LogP contribution is -2.48. The van der Waals surface area contributed by atoms with Crippen LogP contribution in [0, 0.1) is 5.92 Å². The second-order valence-corrected chi connectivity index (χ2v) is 5.34. The van der Waals surface area contributed by atoms with Crippen molar-refractivity contribution in [1.29, 1.82) is 0 Å². The normalized spacial score (nSPS) is 25.6. The fourth-order valence-corrected chi connectivity index (χ4v) is 2.46. The van der Waals surface area contributed by atoms with Gasteiger partial charge in [-0.25, -0.2) is 0 Å². The summed E-state index contributed by atoms with van der Waals surface area (Å²) in [6.07, 6.45) is 5.61. The van der Waals surface area contributed by atoms with Gasteiger partial charge >= 0.3 is 0 Å². The molecule has 1 aliphatic carbocycles. The van der Waals surface area contributed by atoms with Gasteiger partial charge in [0.25, 0.3) is 0 Å². The molecule has 0 radical (unpaired) electrons. The first-order valence-electron chi connectivity index (χ1n) is 6.68. The van der Waals surface area contributed by atoms with E-state index in [9.17, 15) is 9.59 Å². The Morgan fingerprint density at radius 2 is 2.00 bits per heavy atom. The molecule has 2 rings (SSSR count). The van der Waals surface area contributed by atoms with Gasteiger partial charge in [-0.2, -0.15) is 0 Å². The number of amides is 1. The Morgan fingerprint density at radius 3 is 2.65 bits per heavy atom. The molecule has 4 nitrogen and oxygen atoms in total. The van der Waals surface area contributed by atoms with E-state index in [-0.39, 0.29) is 17.7 Å². The molecule has 96 valence electrons. The van der Waals surface area contributed by atoms with Crippen molar-refractivity contribution in [3.8, 4) is 0 Å². The zero-order valence-electron chi connectivity index (χ0n) is 10.6. The van der Waals surface area contributed by atoms with Crippen LogP contribution in [0.5, 0.6) is 0 Å². The SMILES string of the molecule is CC(=O)C1CCCCN1CC(=O)NCC1CC1. The number of ketones is 1. The van der Waals surface area contributed by atoms with Crippen LogP contribution in [0.15, 0.2) is 0 Å². The third-order valence-corrected chi connectivity index (χ3v) is 3.71. The van der Waals surface area contributed by atoms with E-state index >= 15 is 0 Å². The van der Waals surface area contributed by atoms with Crippen molar-refractivity contribution in [3.05, 3.63) is 0 Å². The third-order valence-electron chi connectivity index (χ3n) is 3.71. The van der Waals surface area contributed by atoms with Crippen molar-refractivity contribution in [2.75, 3.05) is 19.6 Å². The number of Topliss-reactive ketones (excluding diaryl/α,β-unsaturated/α-hetero) is 1. The van der Waals surface area contributed by atoms with Gasteiger partial charge in [0.2, 0.25) is 5.91 Å². The maximum Gasteiger partial charge on any atom is 0.234 e. The first-order valence-corrected chi connectivity index (χ1v) is 6.68. The summed E-state index contributed by atoms with van der Waals surface area (Å²) in [6, 6.07) is -0.0320. The topological polar surface area (TPSA) is 49.4 Å². The Balaban J connectivity index is 1.77. The Kier molecular flexibility index (Phi) is 4.15. The van der Waals surface area contributed by atoms with E-state index in [0.29, 0.717) is 12.5 Å². The quantitative estimate of drug-likeness (QED) is 0.776. The van der Waals surface area contributed by atoms with Gasteiger partial charge in [-0.15, -0.1) is 0 Å². The van der Waals surface area contributed by atoms with Crippen molar-refractivity contribution in [1.82, 2.24) is 10.2 Å². The summed E-state index contributed by atoms with van der Waals surface area (Å²) in [4.78, 5) is 25.3. The molecule has 0 bridgehead atoms. The van der Waals surface area contributed by atoms with Crippen LogP contribution in [0.2, 0.25) is 0 Å². The molecule has 1 heterocycles. The van der Waals surface area contributed by atoms with Crippen molar-refractivity contribution >= 4 is 11.7 Å². The number of carbonyl (C=O) groups excluding carboxylic acids is 2. The zero-order valence-corrected chi connectivity index (χ0v) is 10.6. The van der Waals surface area contributed by atoms with E-state index in [1.54, 1.807) is 6.92 Å². The van der Waals surface area contributed by atoms with Crippen LogP contribution in [-0.2, 0) is 9.59 Å². The summed E-state index contributed by atoms with van der Waals surface area (Å²) < 4.78 is 0. The summed E-state index contributed by atoms with van der Waals surface area (Å²) in [5.41, 5.74) is 0. The second kappa shape index (κ2) is 5.63. The average molecular weight is 238 g/mol. The molecule has 1 aliphatic heterocycles. The Hall–Kier alpha value is -0.900. The van der Waals surface area contributed by atoms with Gasteiger partial charge in [0, 0.05) is 6.54 Å². The van der Waals surface area contributed by atoms with Gasteiger partial charge < -0.3 is 5.32 Å². The molecule has 1 amide bonds. The van der Waals surface area contributed by atoms with Crippen LogP contribution < -0.4 is 5.32 Å². The van der Waals surface area contributed by atoms with E-state index in [0.717, 1.165) is 32.4 Å². The largest absolute Gasteiger partial charge is 0.355 e. The summed E-state index contributed by atoms with van der Waals surface area (Å²) in [5, 5.41) is 2.96. The van der Waals surface area contributed by atoms with Crippen molar-refractivity contribution < 1.29 is 9.59 Å². The first kappa shape index (κ1) is 12.6. The number of rotatable bonds is 5. The Labute approximate surface area is 103 Å². The molecule has 1 N–H and O–H groups in total. The molecular formula is C13H22N2O2. The average Bonchev–Trinajstić information content (AvgIpc) is 3.10. The molecule has 1 saturated heterocycles. The van der Waals surface area contributed by atoms with Gasteiger partial charge in [-0.1, -0.05) is 6.42 Å². The minimum absolute atomic E-state index is 0.0320. The van der Waals surface area contributed by atoms with Crippen LogP contribution in [0.4, 0.5) is 0 Å². The van der Waals surface area contributed by atoms with Crippen LogP contribution in [-0.4, -0.2) is 42.3 Å². The van der Waals surface area contributed by atoms with E-state index in [2.05, 4.69) is 5.32 Å². The lowest BCUT2D eigenvalue weighted by Gasteiger charge is -2.33. The minimum atomic E-state index is -0.0320. The minimum Gasteiger partial charge on any atom is -0.355 e. The molecule has 0 spiro atoms. The molecule has 2 aliphatic rings. The number of nitrogens with one attached hydrogen (secondary N) is 1. The molecule has 0 aromatic carbocycles. The van der Waals surface area contributed by atoms with Gasteiger partial charge in [0.05, 0.1) is 12.6 Å². The smallest absolute Gasteiger partial charge is 0.234 e. The molecule has 17 heavy (non-hydrogen) atoms. The first-order chi connectivity index (χ1) is 8.16. The predicted molar refractivity (Wildman–Crippen MR) is 65.6 cm³/mol. The molecular weight excluding hydrogens is 216 g/mol. The molecule has 0 aromatic heterocycles. The van der Waals surface area contributed by atoms with Gasteiger partial charge in [-0.3, -0.25) is 14.5 Å². The number of piperidine rings is 1. The number of nitrogens with zero attached hydrogens (tertiary/aromatic N) is 1. The second-order valence-electron chi connectivity index (χ2n) is 5.34. The third kappa shape index (κ3) is 3.80. The molecule has 0 aromatic rings. The molecule has 2 fully saturated rings. The molecule has 1 saturated carbocycles. The summed E-state index contributed by atoms with van der Waals surface area (Å²) in [5.74, 6) is 0.980.